The van der Waals surface area contributed by atoms with Gasteiger partial charge in [0, 0.05) is 19.2 Å². The molecule has 134 valence electrons. The Morgan fingerprint density at radius 1 is 1.12 bits per heavy atom. The molecule has 26 heavy (non-hydrogen) atoms. The molecule has 0 N–H and O–H groups in total. The average Bonchev–Trinajstić information content (AvgIpc) is 3.31. The van der Waals surface area contributed by atoms with Crippen LogP contribution in [0, 0.1) is 6.92 Å². The third-order valence-corrected chi connectivity index (χ3v) is 5.14. The van der Waals surface area contributed by atoms with Gasteiger partial charge in [0.05, 0.1) is 18.4 Å². The number of aromatic nitrogens is 6. The van der Waals surface area contributed by atoms with Crippen molar-refractivity contribution >= 4 is 16.3 Å². The van der Waals surface area contributed by atoms with Crippen LogP contribution in [0.2, 0.25) is 0 Å². The molecule has 0 aliphatic rings. The lowest BCUT2D eigenvalue weighted by Gasteiger charge is -2.01. The van der Waals surface area contributed by atoms with Gasteiger partial charge in [0.1, 0.15) is 5.75 Å². The van der Waals surface area contributed by atoms with Crippen molar-refractivity contribution < 1.29 is 4.74 Å². The molecule has 0 unspecified atom stereocenters. The highest BCUT2D eigenvalue weighted by Gasteiger charge is 2.16. The second-order valence-corrected chi connectivity index (χ2v) is 7.09. The second kappa shape index (κ2) is 6.87. The summed E-state index contributed by atoms with van der Waals surface area (Å²) < 4.78 is 9.02. The van der Waals surface area contributed by atoms with Crippen LogP contribution in [0.1, 0.15) is 30.4 Å². The highest BCUT2D eigenvalue weighted by molar-refractivity contribution is 7.19. The van der Waals surface area contributed by atoms with E-state index in [9.17, 15) is 0 Å². The Bertz CT molecular complexity index is 1030. The molecular formula is C18H20N6OS. The van der Waals surface area contributed by atoms with Crippen molar-refractivity contribution in [2.75, 3.05) is 7.11 Å². The molecule has 3 heterocycles. The van der Waals surface area contributed by atoms with Gasteiger partial charge in [-0.15, -0.1) is 10.2 Å². The Morgan fingerprint density at radius 3 is 2.65 bits per heavy atom. The van der Waals surface area contributed by atoms with Crippen molar-refractivity contribution in [3.05, 3.63) is 47.5 Å². The summed E-state index contributed by atoms with van der Waals surface area (Å²) in [6.07, 6.45) is 3.79. The summed E-state index contributed by atoms with van der Waals surface area (Å²) in [7, 11) is 1.67. The molecular weight excluding hydrogens is 348 g/mol. The van der Waals surface area contributed by atoms with Crippen LogP contribution in [0.15, 0.2) is 30.5 Å². The zero-order valence-corrected chi connectivity index (χ0v) is 15.8. The van der Waals surface area contributed by atoms with Crippen molar-refractivity contribution in [2.24, 2.45) is 0 Å². The maximum Gasteiger partial charge on any atom is 0.234 e. The monoisotopic (exact) mass is 368 g/mol. The first-order chi connectivity index (χ1) is 12.7. The number of ether oxygens (including phenoxy) is 1. The zero-order valence-electron chi connectivity index (χ0n) is 15.0. The molecule has 1 aromatic carbocycles. The van der Waals surface area contributed by atoms with Crippen LogP contribution in [0.5, 0.6) is 5.75 Å². The number of benzene rings is 1. The number of methoxy groups -OCH3 is 1. The van der Waals surface area contributed by atoms with Gasteiger partial charge in [-0.2, -0.15) is 14.7 Å². The largest absolute Gasteiger partial charge is 0.497 e. The van der Waals surface area contributed by atoms with Gasteiger partial charge in [-0.1, -0.05) is 30.4 Å². The normalized spacial score (nSPS) is 11.3. The van der Waals surface area contributed by atoms with E-state index in [0.29, 0.717) is 6.42 Å². The summed E-state index contributed by atoms with van der Waals surface area (Å²) in [4.78, 5) is 0.797. The van der Waals surface area contributed by atoms with Crippen LogP contribution >= 0.6 is 11.3 Å². The van der Waals surface area contributed by atoms with Crippen molar-refractivity contribution in [1.82, 2.24) is 29.6 Å². The quantitative estimate of drug-likeness (QED) is 0.522. The molecule has 0 spiro atoms. The molecule has 0 bridgehead atoms. The van der Waals surface area contributed by atoms with Crippen molar-refractivity contribution in [3.8, 4) is 16.3 Å². The summed E-state index contributed by atoms with van der Waals surface area (Å²) in [5, 5.41) is 18.8. The van der Waals surface area contributed by atoms with E-state index in [-0.39, 0.29) is 0 Å². The van der Waals surface area contributed by atoms with E-state index in [1.54, 1.807) is 7.11 Å². The van der Waals surface area contributed by atoms with Crippen molar-refractivity contribution in [3.63, 3.8) is 0 Å². The number of nitrogens with zero attached hydrogens (tertiary/aromatic N) is 6. The fourth-order valence-corrected chi connectivity index (χ4v) is 3.79. The average molecular weight is 368 g/mol. The molecule has 0 amide bonds. The predicted molar refractivity (Wildman–Crippen MR) is 101 cm³/mol. The lowest BCUT2D eigenvalue weighted by molar-refractivity contribution is 0.414. The number of rotatable bonds is 6. The molecule has 0 saturated carbocycles. The summed E-state index contributed by atoms with van der Waals surface area (Å²) >= 11 is 1.54. The molecule has 0 aliphatic carbocycles. The molecule has 0 saturated heterocycles. The van der Waals surface area contributed by atoms with Crippen molar-refractivity contribution in [2.45, 2.75) is 33.2 Å². The van der Waals surface area contributed by atoms with Crippen molar-refractivity contribution in [1.29, 1.82) is 0 Å². The van der Waals surface area contributed by atoms with E-state index in [4.69, 9.17) is 9.84 Å². The summed E-state index contributed by atoms with van der Waals surface area (Å²) in [6, 6.07) is 7.97. The second-order valence-electron chi connectivity index (χ2n) is 6.13. The lowest BCUT2D eigenvalue weighted by atomic mass is 10.1. The minimum atomic E-state index is 0.669. The van der Waals surface area contributed by atoms with E-state index < -0.39 is 0 Å². The standard InChI is InChI=1S/C18H20N6OS/c1-4-9-23-11-15(12(2)21-23)17-22-24-16(19-20-18(24)26-17)10-13-5-7-14(25-3)8-6-13/h5-8,11H,4,9-10H2,1-3H3. The van der Waals surface area contributed by atoms with Gasteiger partial charge < -0.3 is 4.74 Å². The zero-order chi connectivity index (χ0) is 18.1. The Labute approximate surface area is 155 Å². The summed E-state index contributed by atoms with van der Waals surface area (Å²) in [5.41, 5.74) is 3.19. The summed E-state index contributed by atoms with van der Waals surface area (Å²) in [5.74, 6) is 1.67. The van der Waals surface area contributed by atoms with Crippen LogP contribution in [0.3, 0.4) is 0 Å². The first-order valence-corrected chi connectivity index (χ1v) is 9.38. The Hall–Kier alpha value is -2.74. The van der Waals surface area contributed by atoms with E-state index in [1.165, 1.54) is 11.3 Å². The Balaban J connectivity index is 1.64. The van der Waals surface area contributed by atoms with Gasteiger partial charge in [0.2, 0.25) is 4.96 Å². The fraction of sp³-hybridized carbons (Fsp3) is 0.333. The minimum Gasteiger partial charge on any atom is -0.497 e. The van der Waals surface area contributed by atoms with Crippen LogP contribution in [0.25, 0.3) is 15.5 Å². The summed E-state index contributed by atoms with van der Waals surface area (Å²) in [6.45, 7) is 5.07. The van der Waals surface area contributed by atoms with E-state index in [2.05, 4.69) is 28.4 Å². The van der Waals surface area contributed by atoms with Crippen LogP contribution in [0.4, 0.5) is 0 Å². The lowest BCUT2D eigenvalue weighted by Crippen LogP contribution is -1.98. The fourth-order valence-electron chi connectivity index (χ4n) is 2.87. The first-order valence-electron chi connectivity index (χ1n) is 8.56. The highest BCUT2D eigenvalue weighted by atomic mass is 32.1. The Morgan fingerprint density at radius 2 is 1.92 bits per heavy atom. The topological polar surface area (TPSA) is 70.1 Å². The van der Waals surface area contributed by atoms with E-state index in [1.807, 2.05) is 40.4 Å². The maximum absolute atomic E-state index is 5.21. The number of hydrogen-bond acceptors (Lipinski definition) is 6. The molecule has 8 heteroatoms. The molecule has 0 atom stereocenters. The van der Waals surface area contributed by atoms with E-state index in [0.717, 1.165) is 51.3 Å². The predicted octanol–water partition coefficient (Wildman–Crippen LogP) is 3.37. The van der Waals surface area contributed by atoms with Gasteiger partial charge >= 0.3 is 0 Å². The number of aryl methyl sites for hydroxylation is 2. The van der Waals surface area contributed by atoms with Crippen LogP contribution in [-0.2, 0) is 13.0 Å². The maximum atomic E-state index is 5.21. The first kappa shape index (κ1) is 16.7. The van der Waals surface area contributed by atoms with Crippen LogP contribution in [-0.4, -0.2) is 36.7 Å². The molecule has 4 aromatic rings. The number of fused-ring (bicyclic) bond motifs is 1. The van der Waals surface area contributed by atoms with Gasteiger partial charge in [-0.25, -0.2) is 0 Å². The molecule has 4 rings (SSSR count). The van der Waals surface area contributed by atoms with Gasteiger partial charge in [-0.05, 0) is 31.0 Å². The third kappa shape index (κ3) is 3.08. The third-order valence-electron chi connectivity index (χ3n) is 4.21. The molecule has 7 nitrogen and oxygen atoms in total. The molecule has 3 aromatic heterocycles. The van der Waals surface area contributed by atoms with Crippen LogP contribution < -0.4 is 4.74 Å². The minimum absolute atomic E-state index is 0.669. The SMILES string of the molecule is CCCn1cc(-c2nn3c(Cc4ccc(OC)cc4)nnc3s2)c(C)n1. The van der Waals surface area contributed by atoms with Gasteiger partial charge in [-0.3, -0.25) is 4.68 Å². The van der Waals surface area contributed by atoms with Gasteiger partial charge in [0.15, 0.2) is 10.8 Å². The Kier molecular flexibility index (Phi) is 4.42. The molecule has 0 fully saturated rings. The smallest absolute Gasteiger partial charge is 0.234 e. The number of hydrogen-bond donors (Lipinski definition) is 0. The molecule has 0 aliphatic heterocycles. The van der Waals surface area contributed by atoms with E-state index >= 15 is 0 Å². The highest BCUT2D eigenvalue weighted by Crippen LogP contribution is 2.28. The van der Waals surface area contributed by atoms with Gasteiger partial charge in [0.25, 0.3) is 0 Å². The molecule has 0 radical (unpaired) electrons.